The average Bonchev–Trinajstić information content (AvgIpc) is 2.45. The molecule has 1 saturated carbocycles. The van der Waals surface area contributed by atoms with E-state index in [1.54, 1.807) is 12.3 Å². The Kier molecular flexibility index (Phi) is 5.61. The van der Waals surface area contributed by atoms with Gasteiger partial charge in [-0.2, -0.15) is 0 Å². The SMILES string of the molecule is CN(C1CCCCC1)[C@@H](CCO)c1cc(Cl)ccn1. The van der Waals surface area contributed by atoms with Gasteiger partial charge in [0.05, 0.1) is 11.7 Å². The zero-order chi connectivity index (χ0) is 13.7. The third kappa shape index (κ3) is 3.91. The number of rotatable bonds is 5. The van der Waals surface area contributed by atoms with Gasteiger partial charge in [0.2, 0.25) is 0 Å². The topological polar surface area (TPSA) is 36.4 Å². The van der Waals surface area contributed by atoms with Gasteiger partial charge in [-0.3, -0.25) is 9.88 Å². The summed E-state index contributed by atoms with van der Waals surface area (Å²) in [6.45, 7) is 0.177. The van der Waals surface area contributed by atoms with Crippen LogP contribution in [0.3, 0.4) is 0 Å². The summed E-state index contributed by atoms with van der Waals surface area (Å²) < 4.78 is 0. The average molecular weight is 283 g/mol. The highest BCUT2D eigenvalue weighted by molar-refractivity contribution is 6.30. The lowest BCUT2D eigenvalue weighted by atomic mass is 9.92. The van der Waals surface area contributed by atoms with Gasteiger partial charge in [0, 0.05) is 23.9 Å². The van der Waals surface area contributed by atoms with Crippen LogP contribution in [-0.2, 0) is 0 Å². The van der Waals surface area contributed by atoms with Crippen LogP contribution in [0, 0.1) is 0 Å². The van der Waals surface area contributed by atoms with Crippen molar-refractivity contribution in [3.63, 3.8) is 0 Å². The fraction of sp³-hybridized carbons (Fsp3) is 0.667. The Morgan fingerprint density at radius 2 is 2.16 bits per heavy atom. The Balaban J connectivity index is 2.14. The summed E-state index contributed by atoms with van der Waals surface area (Å²) in [5.41, 5.74) is 0.967. The molecule has 2 rings (SSSR count). The molecule has 1 fully saturated rings. The maximum Gasteiger partial charge on any atom is 0.0591 e. The molecule has 0 aromatic carbocycles. The van der Waals surface area contributed by atoms with Crippen molar-refractivity contribution >= 4 is 11.6 Å². The van der Waals surface area contributed by atoms with E-state index in [1.807, 2.05) is 6.07 Å². The molecule has 1 aliphatic rings. The van der Waals surface area contributed by atoms with Crippen molar-refractivity contribution in [2.75, 3.05) is 13.7 Å². The highest BCUT2D eigenvalue weighted by Gasteiger charge is 2.26. The minimum Gasteiger partial charge on any atom is -0.396 e. The zero-order valence-corrected chi connectivity index (χ0v) is 12.3. The molecule has 0 unspecified atom stereocenters. The van der Waals surface area contributed by atoms with Crippen molar-refractivity contribution in [2.45, 2.75) is 50.6 Å². The van der Waals surface area contributed by atoms with E-state index in [9.17, 15) is 5.11 Å². The third-order valence-electron chi connectivity index (χ3n) is 4.13. The van der Waals surface area contributed by atoms with Crippen molar-refractivity contribution in [3.8, 4) is 0 Å². The van der Waals surface area contributed by atoms with Gasteiger partial charge in [0.25, 0.3) is 0 Å². The van der Waals surface area contributed by atoms with E-state index in [0.717, 1.165) is 5.69 Å². The monoisotopic (exact) mass is 282 g/mol. The second-order valence-electron chi connectivity index (χ2n) is 5.38. The molecular weight excluding hydrogens is 260 g/mol. The first-order valence-corrected chi connectivity index (χ1v) is 7.54. The van der Waals surface area contributed by atoms with Crippen LogP contribution < -0.4 is 0 Å². The van der Waals surface area contributed by atoms with Crippen molar-refractivity contribution in [2.24, 2.45) is 0 Å². The van der Waals surface area contributed by atoms with E-state index in [2.05, 4.69) is 16.9 Å². The van der Waals surface area contributed by atoms with Crippen LogP contribution >= 0.6 is 11.6 Å². The van der Waals surface area contributed by atoms with E-state index in [-0.39, 0.29) is 12.6 Å². The summed E-state index contributed by atoms with van der Waals surface area (Å²) in [5, 5.41) is 10.0. The molecule has 0 radical (unpaired) electrons. The van der Waals surface area contributed by atoms with Gasteiger partial charge in [-0.05, 0) is 38.4 Å². The van der Waals surface area contributed by atoms with Gasteiger partial charge in [0.1, 0.15) is 0 Å². The Morgan fingerprint density at radius 3 is 2.79 bits per heavy atom. The minimum absolute atomic E-state index is 0.159. The van der Waals surface area contributed by atoms with E-state index >= 15 is 0 Å². The van der Waals surface area contributed by atoms with Gasteiger partial charge < -0.3 is 5.11 Å². The normalized spacial score (nSPS) is 18.7. The third-order valence-corrected chi connectivity index (χ3v) is 4.36. The molecule has 1 aliphatic carbocycles. The maximum atomic E-state index is 9.33. The number of aliphatic hydroxyl groups excluding tert-OH is 1. The first kappa shape index (κ1) is 14.8. The number of hydrogen-bond acceptors (Lipinski definition) is 3. The highest BCUT2D eigenvalue weighted by Crippen LogP contribution is 2.30. The van der Waals surface area contributed by atoms with Crippen LogP contribution in [0.5, 0.6) is 0 Å². The van der Waals surface area contributed by atoms with Crippen LogP contribution in [0.15, 0.2) is 18.3 Å². The Morgan fingerprint density at radius 1 is 1.42 bits per heavy atom. The van der Waals surface area contributed by atoms with E-state index in [4.69, 9.17) is 11.6 Å². The van der Waals surface area contributed by atoms with Gasteiger partial charge in [0.15, 0.2) is 0 Å². The fourth-order valence-corrected chi connectivity index (χ4v) is 3.20. The molecule has 0 amide bonds. The minimum atomic E-state index is 0.159. The predicted octanol–water partition coefficient (Wildman–Crippen LogP) is 3.42. The summed E-state index contributed by atoms with van der Waals surface area (Å²) >= 11 is 6.06. The second-order valence-corrected chi connectivity index (χ2v) is 5.82. The molecule has 106 valence electrons. The van der Waals surface area contributed by atoms with Gasteiger partial charge in [-0.25, -0.2) is 0 Å². The number of hydrogen-bond donors (Lipinski definition) is 1. The molecule has 19 heavy (non-hydrogen) atoms. The van der Waals surface area contributed by atoms with Crippen molar-refractivity contribution in [1.29, 1.82) is 0 Å². The molecule has 0 aliphatic heterocycles. The molecule has 1 aromatic rings. The smallest absolute Gasteiger partial charge is 0.0591 e. The van der Waals surface area contributed by atoms with E-state index in [1.165, 1.54) is 32.1 Å². The van der Waals surface area contributed by atoms with Gasteiger partial charge in [-0.1, -0.05) is 30.9 Å². The van der Waals surface area contributed by atoms with Gasteiger partial charge >= 0.3 is 0 Å². The van der Waals surface area contributed by atoms with Crippen molar-refractivity contribution in [1.82, 2.24) is 9.88 Å². The molecule has 4 heteroatoms. The Hall–Kier alpha value is -0.640. The molecule has 3 nitrogen and oxygen atoms in total. The largest absolute Gasteiger partial charge is 0.396 e. The Bertz CT molecular complexity index is 393. The predicted molar refractivity (Wildman–Crippen MR) is 78.3 cm³/mol. The summed E-state index contributed by atoms with van der Waals surface area (Å²) in [6.07, 6.45) is 8.92. The lowest BCUT2D eigenvalue weighted by Gasteiger charge is -2.36. The van der Waals surface area contributed by atoms with Gasteiger partial charge in [-0.15, -0.1) is 0 Å². The zero-order valence-electron chi connectivity index (χ0n) is 11.6. The van der Waals surface area contributed by atoms with Crippen LogP contribution in [0.1, 0.15) is 50.3 Å². The number of nitrogens with zero attached hydrogens (tertiary/aromatic N) is 2. The van der Waals surface area contributed by atoms with E-state index in [0.29, 0.717) is 17.5 Å². The number of halogens is 1. The first-order valence-electron chi connectivity index (χ1n) is 7.16. The maximum absolute atomic E-state index is 9.33. The lowest BCUT2D eigenvalue weighted by molar-refractivity contribution is 0.112. The summed E-state index contributed by atoms with van der Waals surface area (Å²) in [7, 11) is 2.15. The van der Waals surface area contributed by atoms with Crippen LogP contribution in [0.4, 0.5) is 0 Å². The molecule has 0 bridgehead atoms. The molecule has 0 spiro atoms. The quantitative estimate of drug-likeness (QED) is 0.899. The van der Waals surface area contributed by atoms with Crippen molar-refractivity contribution in [3.05, 3.63) is 29.0 Å². The second kappa shape index (κ2) is 7.22. The fourth-order valence-electron chi connectivity index (χ4n) is 3.03. The summed E-state index contributed by atoms with van der Waals surface area (Å²) in [6, 6.07) is 4.47. The molecule has 1 atom stereocenters. The van der Waals surface area contributed by atoms with Crippen LogP contribution in [0.2, 0.25) is 5.02 Å². The Labute approximate surface area is 120 Å². The molecule has 1 aromatic heterocycles. The molecule has 1 heterocycles. The number of pyridine rings is 1. The van der Waals surface area contributed by atoms with Crippen molar-refractivity contribution < 1.29 is 5.11 Å². The molecule has 1 N–H and O–H groups in total. The standard InChI is InChI=1S/C15H23ClN2O/c1-18(13-5-3-2-4-6-13)15(8-10-19)14-11-12(16)7-9-17-14/h7,9,11,13,15,19H,2-6,8,10H2,1H3/t15-/m0/s1. The van der Waals surface area contributed by atoms with E-state index < -0.39 is 0 Å². The highest BCUT2D eigenvalue weighted by atomic mass is 35.5. The lowest BCUT2D eigenvalue weighted by Crippen LogP contribution is -2.37. The van der Waals surface area contributed by atoms with Crippen LogP contribution in [0.25, 0.3) is 0 Å². The summed E-state index contributed by atoms with van der Waals surface area (Å²) in [4.78, 5) is 6.82. The molecular formula is C15H23ClN2O. The first-order chi connectivity index (χ1) is 9.22. The van der Waals surface area contributed by atoms with Crippen LogP contribution in [-0.4, -0.2) is 34.7 Å². The number of aliphatic hydroxyl groups is 1. The number of aromatic nitrogens is 1. The molecule has 0 saturated heterocycles. The summed E-state index contributed by atoms with van der Waals surface area (Å²) in [5.74, 6) is 0.